The van der Waals surface area contributed by atoms with Crippen LogP contribution in [0.15, 0.2) is 35.4 Å². The average Bonchev–Trinajstić information content (AvgIpc) is 2.40. The lowest BCUT2D eigenvalue weighted by Gasteiger charge is -2.14. The van der Waals surface area contributed by atoms with Crippen molar-refractivity contribution in [3.05, 3.63) is 30.3 Å². The summed E-state index contributed by atoms with van der Waals surface area (Å²) in [4.78, 5) is 30.7. The number of hydrazone groups is 1. The van der Waals surface area contributed by atoms with E-state index in [1.165, 1.54) is 0 Å². The van der Waals surface area contributed by atoms with Gasteiger partial charge in [0.2, 0.25) is 5.45 Å². The van der Waals surface area contributed by atoms with E-state index in [2.05, 4.69) is 10.5 Å². The summed E-state index contributed by atoms with van der Waals surface area (Å²) in [5, 5.41) is 3.64. The molecule has 3 N–H and O–H groups in total. The molecule has 0 aliphatic rings. The van der Waals surface area contributed by atoms with E-state index in [1.54, 1.807) is 44.2 Å². The SMILES string of the molecule is CCC(CC)C(=O)C(=NNc1ccccc1)P(=O)(O)O. The normalized spacial score (nSPS) is 12.6. The van der Waals surface area contributed by atoms with Gasteiger partial charge in [0, 0.05) is 5.92 Å². The number of hydrogen-bond donors (Lipinski definition) is 3. The summed E-state index contributed by atoms with van der Waals surface area (Å²) in [5.41, 5.74) is 2.35. The number of Topliss-reactive ketones (excluding diaryl/α,β-unsaturated/α-hetero) is 1. The predicted molar refractivity (Wildman–Crippen MR) is 78.6 cm³/mol. The van der Waals surface area contributed by atoms with E-state index >= 15 is 0 Å². The fraction of sp³-hybridized carbons (Fsp3) is 0.385. The molecule has 0 aliphatic carbocycles. The number of anilines is 1. The van der Waals surface area contributed by atoms with Crippen molar-refractivity contribution >= 4 is 24.5 Å². The van der Waals surface area contributed by atoms with E-state index in [4.69, 9.17) is 0 Å². The molecule has 0 amide bonds. The van der Waals surface area contributed by atoms with Gasteiger partial charge >= 0.3 is 7.60 Å². The summed E-state index contributed by atoms with van der Waals surface area (Å²) in [6.45, 7) is 3.60. The van der Waals surface area contributed by atoms with Crippen LogP contribution in [0.4, 0.5) is 5.69 Å². The lowest BCUT2D eigenvalue weighted by Crippen LogP contribution is -2.24. The van der Waals surface area contributed by atoms with Crippen LogP contribution in [0.1, 0.15) is 26.7 Å². The second-order valence-electron chi connectivity index (χ2n) is 4.33. The van der Waals surface area contributed by atoms with E-state index < -0.39 is 24.7 Å². The molecule has 0 unspecified atom stereocenters. The molecule has 1 rings (SSSR count). The van der Waals surface area contributed by atoms with E-state index in [-0.39, 0.29) is 0 Å². The Morgan fingerprint density at radius 1 is 1.25 bits per heavy atom. The molecular formula is C13H19N2O4P. The first-order valence-corrected chi connectivity index (χ1v) is 8.00. The molecule has 0 saturated carbocycles. The Bertz CT molecular complexity index is 520. The van der Waals surface area contributed by atoms with Crippen molar-refractivity contribution in [2.45, 2.75) is 26.7 Å². The van der Waals surface area contributed by atoms with Gasteiger partial charge in [-0.05, 0) is 25.0 Å². The molecule has 6 nitrogen and oxygen atoms in total. The zero-order chi connectivity index (χ0) is 15.2. The van der Waals surface area contributed by atoms with Gasteiger partial charge in [-0.2, -0.15) is 5.10 Å². The monoisotopic (exact) mass is 298 g/mol. The van der Waals surface area contributed by atoms with Crippen LogP contribution in [-0.4, -0.2) is 21.0 Å². The zero-order valence-corrected chi connectivity index (χ0v) is 12.4. The molecule has 1 aromatic rings. The van der Waals surface area contributed by atoms with Gasteiger partial charge in [0.1, 0.15) is 0 Å². The number of hydrogen-bond acceptors (Lipinski definition) is 4. The smallest absolute Gasteiger partial charge is 0.320 e. The van der Waals surface area contributed by atoms with Crippen LogP contribution < -0.4 is 5.43 Å². The van der Waals surface area contributed by atoms with Crippen LogP contribution in [0.25, 0.3) is 0 Å². The maximum Gasteiger partial charge on any atom is 0.379 e. The molecule has 0 aromatic heterocycles. The van der Waals surface area contributed by atoms with Crippen LogP contribution in [0.5, 0.6) is 0 Å². The van der Waals surface area contributed by atoms with Gasteiger partial charge in [0.25, 0.3) is 0 Å². The molecule has 0 heterocycles. The van der Waals surface area contributed by atoms with Crippen LogP contribution in [-0.2, 0) is 9.36 Å². The number of ketones is 1. The van der Waals surface area contributed by atoms with Gasteiger partial charge in [-0.1, -0.05) is 32.0 Å². The summed E-state index contributed by atoms with van der Waals surface area (Å²) in [7, 11) is -4.71. The fourth-order valence-corrected chi connectivity index (χ4v) is 2.39. The third kappa shape index (κ3) is 4.56. The number of benzene rings is 1. The van der Waals surface area contributed by atoms with E-state index in [0.29, 0.717) is 18.5 Å². The van der Waals surface area contributed by atoms with Crippen LogP contribution >= 0.6 is 7.60 Å². The first-order valence-electron chi connectivity index (χ1n) is 6.39. The van der Waals surface area contributed by atoms with Gasteiger partial charge in [0.05, 0.1) is 5.69 Å². The van der Waals surface area contributed by atoms with Gasteiger partial charge < -0.3 is 9.79 Å². The first kappa shape index (κ1) is 16.6. The minimum absolute atomic E-state index is 0.432. The summed E-state index contributed by atoms with van der Waals surface area (Å²) in [5.74, 6) is -1.04. The van der Waals surface area contributed by atoms with Crippen molar-refractivity contribution in [2.75, 3.05) is 5.43 Å². The van der Waals surface area contributed by atoms with Crippen molar-refractivity contribution in [3.63, 3.8) is 0 Å². The van der Waals surface area contributed by atoms with Gasteiger partial charge in [-0.15, -0.1) is 0 Å². The van der Waals surface area contributed by atoms with Crippen molar-refractivity contribution in [1.82, 2.24) is 0 Å². The minimum Gasteiger partial charge on any atom is -0.320 e. The van der Waals surface area contributed by atoms with Gasteiger partial charge in [0.15, 0.2) is 5.78 Å². The largest absolute Gasteiger partial charge is 0.379 e. The molecule has 0 fully saturated rings. The fourth-order valence-electron chi connectivity index (χ4n) is 1.74. The predicted octanol–water partition coefficient (Wildman–Crippen LogP) is 2.60. The Hall–Kier alpha value is -1.49. The van der Waals surface area contributed by atoms with E-state index in [0.717, 1.165) is 0 Å². The molecular weight excluding hydrogens is 279 g/mol. The number of para-hydroxylation sites is 1. The first-order chi connectivity index (χ1) is 9.40. The lowest BCUT2D eigenvalue weighted by molar-refractivity contribution is -0.116. The highest BCUT2D eigenvalue weighted by Gasteiger charge is 2.34. The van der Waals surface area contributed by atoms with Gasteiger partial charge in [-0.3, -0.25) is 14.8 Å². The Morgan fingerprint density at radius 2 is 1.80 bits per heavy atom. The van der Waals surface area contributed by atoms with Crippen LogP contribution in [0.3, 0.4) is 0 Å². The zero-order valence-electron chi connectivity index (χ0n) is 11.5. The van der Waals surface area contributed by atoms with Crippen LogP contribution in [0, 0.1) is 5.92 Å². The number of nitrogens with one attached hydrogen (secondary N) is 1. The Labute approximate surface area is 118 Å². The van der Waals surface area contributed by atoms with E-state index in [1.807, 2.05) is 0 Å². The Balaban J connectivity index is 3.02. The second-order valence-corrected chi connectivity index (χ2v) is 5.85. The summed E-state index contributed by atoms with van der Waals surface area (Å²) >= 11 is 0. The molecule has 7 heteroatoms. The Morgan fingerprint density at radius 3 is 2.25 bits per heavy atom. The number of nitrogens with zero attached hydrogens (tertiary/aromatic N) is 1. The average molecular weight is 298 g/mol. The standard InChI is InChI=1S/C13H19N2O4P/c1-3-10(4-2)12(16)13(20(17,18)19)15-14-11-8-6-5-7-9-11/h5-10,14H,3-4H2,1-2H3,(H2,17,18,19). The molecule has 0 bridgehead atoms. The summed E-state index contributed by atoms with van der Waals surface area (Å²) in [6, 6.07) is 8.66. The van der Waals surface area contributed by atoms with Crippen molar-refractivity contribution < 1.29 is 19.1 Å². The molecule has 0 aliphatic heterocycles. The maximum atomic E-state index is 12.1. The summed E-state index contributed by atoms with van der Waals surface area (Å²) in [6.07, 6.45) is 1.03. The van der Waals surface area contributed by atoms with E-state index in [9.17, 15) is 19.1 Å². The number of carbonyl (C=O) groups is 1. The van der Waals surface area contributed by atoms with Crippen molar-refractivity contribution in [3.8, 4) is 0 Å². The molecule has 0 atom stereocenters. The highest BCUT2D eigenvalue weighted by atomic mass is 31.2. The third-order valence-electron chi connectivity index (χ3n) is 2.92. The molecule has 110 valence electrons. The second kappa shape index (κ2) is 7.33. The topological polar surface area (TPSA) is 99.0 Å². The van der Waals surface area contributed by atoms with Crippen LogP contribution in [0.2, 0.25) is 0 Å². The minimum atomic E-state index is -4.71. The highest BCUT2D eigenvalue weighted by Crippen LogP contribution is 2.38. The number of rotatable bonds is 7. The lowest BCUT2D eigenvalue weighted by atomic mass is 9.99. The Kier molecular flexibility index (Phi) is 6.07. The molecule has 0 radical (unpaired) electrons. The number of carbonyl (C=O) groups excluding carboxylic acids is 1. The van der Waals surface area contributed by atoms with Crippen molar-refractivity contribution in [1.29, 1.82) is 0 Å². The molecule has 20 heavy (non-hydrogen) atoms. The highest BCUT2D eigenvalue weighted by molar-refractivity contribution is 7.73. The quantitative estimate of drug-likeness (QED) is 0.408. The van der Waals surface area contributed by atoms with Crippen molar-refractivity contribution in [2.24, 2.45) is 11.0 Å². The summed E-state index contributed by atoms with van der Waals surface area (Å²) < 4.78 is 11.4. The third-order valence-corrected chi connectivity index (χ3v) is 3.79. The van der Waals surface area contributed by atoms with Gasteiger partial charge in [-0.25, -0.2) is 0 Å². The molecule has 0 spiro atoms. The molecule has 1 aromatic carbocycles. The maximum absolute atomic E-state index is 12.1. The molecule has 0 saturated heterocycles.